The number of halogens is 2. The van der Waals surface area contributed by atoms with Crippen molar-refractivity contribution in [3.8, 4) is 5.75 Å². The van der Waals surface area contributed by atoms with E-state index in [4.69, 9.17) is 33.7 Å². The second-order valence-electron chi connectivity index (χ2n) is 3.53. The first kappa shape index (κ1) is 12.8. The molecular weight excluding hydrogens is 273 g/mol. The molecule has 2 rings (SSSR count). The van der Waals surface area contributed by atoms with Crippen molar-refractivity contribution in [1.82, 2.24) is 4.98 Å². The van der Waals surface area contributed by atoms with Gasteiger partial charge in [-0.15, -0.1) is 0 Å². The fraction of sp³-hybridized carbons (Fsp3) is 0.0833. The zero-order valence-corrected chi connectivity index (χ0v) is 11.1. The second kappa shape index (κ2) is 5.33. The van der Waals surface area contributed by atoms with Gasteiger partial charge in [0.2, 0.25) is 0 Å². The average Bonchev–Trinajstić information content (AvgIpc) is 2.36. The summed E-state index contributed by atoms with van der Waals surface area (Å²) in [5.41, 5.74) is 7.78. The minimum atomic E-state index is 0.350. The van der Waals surface area contributed by atoms with E-state index in [2.05, 4.69) is 10.3 Å². The lowest BCUT2D eigenvalue weighted by Crippen LogP contribution is -1.99. The van der Waals surface area contributed by atoms with Gasteiger partial charge >= 0.3 is 0 Å². The maximum atomic E-state index is 6.02. The van der Waals surface area contributed by atoms with Crippen LogP contribution in [0.15, 0.2) is 30.5 Å². The van der Waals surface area contributed by atoms with E-state index >= 15 is 0 Å². The highest BCUT2D eigenvalue weighted by atomic mass is 35.5. The topological polar surface area (TPSA) is 60.2 Å². The molecule has 1 aromatic carbocycles. The number of aromatic nitrogens is 1. The summed E-state index contributed by atoms with van der Waals surface area (Å²) in [6.45, 7) is 0. The van der Waals surface area contributed by atoms with E-state index in [0.717, 1.165) is 0 Å². The van der Waals surface area contributed by atoms with Crippen LogP contribution in [0.2, 0.25) is 10.2 Å². The number of nitrogens with zero attached hydrogens (tertiary/aromatic N) is 1. The molecule has 18 heavy (non-hydrogen) atoms. The van der Waals surface area contributed by atoms with Gasteiger partial charge in [-0.1, -0.05) is 29.3 Å². The van der Waals surface area contributed by atoms with Crippen molar-refractivity contribution in [1.29, 1.82) is 0 Å². The van der Waals surface area contributed by atoms with Gasteiger partial charge in [-0.25, -0.2) is 4.98 Å². The van der Waals surface area contributed by atoms with Crippen molar-refractivity contribution in [3.63, 3.8) is 0 Å². The number of nitrogens with one attached hydrogen (secondary N) is 1. The Morgan fingerprint density at radius 2 is 2.06 bits per heavy atom. The molecule has 6 heteroatoms. The molecule has 0 aliphatic heterocycles. The number of pyridine rings is 1. The van der Waals surface area contributed by atoms with Gasteiger partial charge in [-0.05, 0) is 12.1 Å². The number of hydrogen-bond acceptors (Lipinski definition) is 4. The number of rotatable bonds is 3. The molecule has 0 atom stereocenters. The largest absolute Gasteiger partial charge is 0.495 e. The summed E-state index contributed by atoms with van der Waals surface area (Å²) in [6.07, 6.45) is 1.47. The van der Waals surface area contributed by atoms with Crippen LogP contribution in [-0.4, -0.2) is 12.1 Å². The number of ether oxygens (including phenoxy) is 1. The van der Waals surface area contributed by atoms with Crippen LogP contribution in [0.25, 0.3) is 0 Å². The van der Waals surface area contributed by atoms with Crippen molar-refractivity contribution in [3.05, 3.63) is 40.6 Å². The highest BCUT2D eigenvalue weighted by Crippen LogP contribution is 2.33. The summed E-state index contributed by atoms with van der Waals surface area (Å²) in [5.74, 6) is 0.594. The lowest BCUT2D eigenvalue weighted by atomic mass is 10.2. The minimum Gasteiger partial charge on any atom is -0.495 e. The molecule has 1 heterocycles. The molecule has 0 bridgehead atoms. The molecule has 0 spiro atoms. The monoisotopic (exact) mass is 283 g/mol. The molecule has 0 unspecified atom stereocenters. The first-order valence-electron chi connectivity index (χ1n) is 5.12. The minimum absolute atomic E-state index is 0.350. The lowest BCUT2D eigenvalue weighted by Gasteiger charge is -2.13. The third-order valence-corrected chi connectivity index (χ3v) is 2.89. The normalized spacial score (nSPS) is 10.2. The summed E-state index contributed by atoms with van der Waals surface area (Å²) >= 11 is 11.8. The number of nitrogens with two attached hydrogens (primary N) is 1. The summed E-state index contributed by atoms with van der Waals surface area (Å²) in [4.78, 5) is 3.87. The van der Waals surface area contributed by atoms with Gasteiger partial charge in [0.25, 0.3) is 0 Å². The van der Waals surface area contributed by atoms with Gasteiger partial charge < -0.3 is 15.8 Å². The van der Waals surface area contributed by atoms with Crippen LogP contribution in [0.4, 0.5) is 17.1 Å². The molecule has 0 aliphatic rings. The molecular formula is C12H11Cl2N3O. The molecule has 1 aromatic heterocycles. The van der Waals surface area contributed by atoms with E-state index in [1.165, 1.54) is 6.20 Å². The Morgan fingerprint density at radius 1 is 1.28 bits per heavy atom. The molecule has 2 aromatic rings. The molecule has 0 saturated carbocycles. The van der Waals surface area contributed by atoms with E-state index in [9.17, 15) is 0 Å². The summed E-state index contributed by atoms with van der Waals surface area (Å²) in [7, 11) is 1.56. The van der Waals surface area contributed by atoms with Crippen LogP contribution in [0, 0.1) is 0 Å². The first-order valence-corrected chi connectivity index (χ1v) is 5.88. The molecule has 0 saturated heterocycles. The number of para-hydroxylation sites is 1. The van der Waals surface area contributed by atoms with Crippen LogP contribution >= 0.6 is 23.2 Å². The van der Waals surface area contributed by atoms with E-state index in [0.29, 0.717) is 33.0 Å². The molecule has 3 N–H and O–H groups in total. The van der Waals surface area contributed by atoms with Crippen molar-refractivity contribution < 1.29 is 4.74 Å². The van der Waals surface area contributed by atoms with Crippen molar-refractivity contribution in [2.24, 2.45) is 0 Å². The predicted molar refractivity (Wildman–Crippen MR) is 74.9 cm³/mol. The van der Waals surface area contributed by atoms with Gasteiger partial charge in [0.1, 0.15) is 10.9 Å². The number of hydrogen-bond donors (Lipinski definition) is 2. The van der Waals surface area contributed by atoms with Crippen LogP contribution in [0.3, 0.4) is 0 Å². The van der Waals surface area contributed by atoms with E-state index in [1.807, 2.05) is 12.1 Å². The fourth-order valence-corrected chi connectivity index (χ4v) is 1.79. The van der Waals surface area contributed by atoms with Crippen LogP contribution in [0.1, 0.15) is 0 Å². The Hall–Kier alpha value is -1.65. The average molecular weight is 284 g/mol. The Labute approximate surface area is 115 Å². The van der Waals surface area contributed by atoms with Gasteiger partial charge in [0.15, 0.2) is 0 Å². The van der Waals surface area contributed by atoms with Gasteiger partial charge in [0.05, 0.1) is 29.2 Å². The van der Waals surface area contributed by atoms with Crippen molar-refractivity contribution in [2.45, 2.75) is 0 Å². The molecule has 0 radical (unpaired) electrons. The number of nitrogen functional groups attached to an aromatic ring is 1. The molecule has 0 amide bonds. The SMILES string of the molecule is COc1cccc(Nc2cc(Cl)ncc2Cl)c1N. The highest BCUT2D eigenvalue weighted by Gasteiger charge is 2.08. The maximum absolute atomic E-state index is 6.02. The highest BCUT2D eigenvalue weighted by molar-refractivity contribution is 6.34. The van der Waals surface area contributed by atoms with Gasteiger partial charge in [0, 0.05) is 12.3 Å². The molecule has 4 nitrogen and oxygen atoms in total. The third-order valence-electron chi connectivity index (χ3n) is 2.38. The van der Waals surface area contributed by atoms with Gasteiger partial charge in [-0.3, -0.25) is 0 Å². The van der Waals surface area contributed by atoms with E-state index < -0.39 is 0 Å². The van der Waals surface area contributed by atoms with Crippen molar-refractivity contribution >= 4 is 40.3 Å². The zero-order chi connectivity index (χ0) is 13.1. The van der Waals surface area contributed by atoms with Crippen LogP contribution in [-0.2, 0) is 0 Å². The molecule has 0 aliphatic carbocycles. The summed E-state index contributed by atoms with van der Waals surface area (Å²) < 4.78 is 5.14. The molecule has 94 valence electrons. The molecule has 0 fully saturated rings. The Bertz CT molecular complexity index is 575. The maximum Gasteiger partial charge on any atom is 0.143 e. The third kappa shape index (κ3) is 2.60. The first-order chi connectivity index (χ1) is 8.61. The van der Waals surface area contributed by atoms with E-state index in [1.54, 1.807) is 19.2 Å². The second-order valence-corrected chi connectivity index (χ2v) is 4.33. The summed E-state index contributed by atoms with van der Waals surface area (Å²) in [6, 6.07) is 7.06. The van der Waals surface area contributed by atoms with Crippen LogP contribution < -0.4 is 15.8 Å². The fourth-order valence-electron chi connectivity index (χ4n) is 1.49. The van der Waals surface area contributed by atoms with Crippen LogP contribution in [0.5, 0.6) is 5.75 Å². The summed E-state index contributed by atoms with van der Waals surface area (Å²) in [5, 5.41) is 3.90. The van der Waals surface area contributed by atoms with Gasteiger partial charge in [-0.2, -0.15) is 0 Å². The van der Waals surface area contributed by atoms with E-state index in [-0.39, 0.29) is 0 Å². The smallest absolute Gasteiger partial charge is 0.143 e. The number of anilines is 3. The van der Waals surface area contributed by atoms with Crippen molar-refractivity contribution in [2.75, 3.05) is 18.2 Å². The quantitative estimate of drug-likeness (QED) is 0.666. The number of benzene rings is 1. The zero-order valence-electron chi connectivity index (χ0n) is 9.58. The Morgan fingerprint density at radius 3 is 2.78 bits per heavy atom. The lowest BCUT2D eigenvalue weighted by molar-refractivity contribution is 0.417. The Balaban J connectivity index is 2.37. The standard InChI is InChI=1S/C12H11Cl2N3O/c1-18-10-4-2-3-8(12(10)15)17-9-5-11(14)16-6-7(9)13/h2-6H,15H2,1H3,(H,16,17). The predicted octanol–water partition coefficient (Wildman–Crippen LogP) is 3.72. The Kier molecular flexibility index (Phi) is 3.79. The number of methoxy groups -OCH3 is 1.